The van der Waals surface area contributed by atoms with E-state index in [0.29, 0.717) is 0 Å². The number of phenols is 2. The summed E-state index contributed by atoms with van der Waals surface area (Å²) in [4.78, 5) is 12.7. The largest absolute Gasteiger partial charge is 0.505 e. The summed E-state index contributed by atoms with van der Waals surface area (Å²) in [5.41, 5.74) is 0.885. The lowest BCUT2D eigenvalue weighted by Crippen LogP contribution is -2.13. The molecule has 0 unspecified atom stereocenters. The molecule has 0 aliphatic rings. The van der Waals surface area contributed by atoms with Crippen LogP contribution in [0.15, 0.2) is 59.4 Å². The molecule has 0 fully saturated rings. The summed E-state index contributed by atoms with van der Waals surface area (Å²) in [6.45, 7) is 0.282. The van der Waals surface area contributed by atoms with Gasteiger partial charge in [0.05, 0.1) is 11.0 Å². The van der Waals surface area contributed by atoms with Crippen molar-refractivity contribution in [2.24, 2.45) is 0 Å². The predicted molar refractivity (Wildman–Crippen MR) is 94.5 cm³/mol. The Labute approximate surface area is 146 Å². The van der Waals surface area contributed by atoms with Gasteiger partial charge in [-0.15, -0.1) is 0 Å². The Morgan fingerprint density at radius 2 is 1.31 bits per heavy atom. The number of rotatable bonds is 2. The van der Waals surface area contributed by atoms with Crippen molar-refractivity contribution in [1.82, 2.24) is 4.57 Å². The summed E-state index contributed by atoms with van der Waals surface area (Å²) >= 11 is 0. The molecular formula is C20H13F2NO3. The molecule has 4 nitrogen and oxygen atoms in total. The zero-order valence-corrected chi connectivity index (χ0v) is 13.4. The second kappa shape index (κ2) is 5.84. The zero-order chi connectivity index (χ0) is 18.4. The molecule has 0 aliphatic carbocycles. The molecule has 0 amide bonds. The standard InChI is InChI=1S/C20H13F2NO3/c21-14-6-12-16(8-18(14)24)23(10-11-4-2-1-3-5-11)17-9-19(25)15(22)7-13(17)20(12)26/h1-9,24-25H,10H2. The third-order valence-corrected chi connectivity index (χ3v) is 4.38. The number of aromatic nitrogens is 1. The fourth-order valence-electron chi connectivity index (χ4n) is 3.12. The van der Waals surface area contributed by atoms with Crippen molar-refractivity contribution < 1.29 is 19.0 Å². The molecule has 1 heterocycles. The van der Waals surface area contributed by atoms with E-state index in [-0.39, 0.29) is 28.4 Å². The summed E-state index contributed by atoms with van der Waals surface area (Å²) in [5.74, 6) is -3.05. The first-order valence-corrected chi connectivity index (χ1v) is 7.87. The van der Waals surface area contributed by atoms with E-state index >= 15 is 0 Å². The van der Waals surface area contributed by atoms with E-state index in [9.17, 15) is 23.8 Å². The summed E-state index contributed by atoms with van der Waals surface area (Å²) in [6, 6.07) is 13.5. The quantitative estimate of drug-likeness (QED) is 0.538. The fourth-order valence-corrected chi connectivity index (χ4v) is 3.12. The van der Waals surface area contributed by atoms with Gasteiger partial charge in [-0.2, -0.15) is 0 Å². The molecule has 4 rings (SSSR count). The molecule has 2 N–H and O–H groups in total. The highest BCUT2D eigenvalue weighted by Gasteiger charge is 2.16. The van der Waals surface area contributed by atoms with E-state index in [0.717, 1.165) is 29.8 Å². The van der Waals surface area contributed by atoms with E-state index in [4.69, 9.17) is 0 Å². The SMILES string of the molecule is O=c1c2cc(F)c(O)cc2n(Cc2ccccc2)c2cc(O)c(F)cc12. The number of hydrogen-bond donors (Lipinski definition) is 2. The predicted octanol–water partition coefficient (Wildman–Crippen LogP) is 3.89. The minimum absolute atomic E-state index is 0.0221. The van der Waals surface area contributed by atoms with Crippen LogP contribution in [0, 0.1) is 11.6 Å². The molecule has 0 atom stereocenters. The highest BCUT2D eigenvalue weighted by Crippen LogP contribution is 2.29. The second-order valence-electron chi connectivity index (χ2n) is 6.04. The van der Waals surface area contributed by atoms with Crippen molar-refractivity contribution in [1.29, 1.82) is 0 Å². The molecule has 0 saturated heterocycles. The van der Waals surface area contributed by atoms with Gasteiger partial charge in [0.1, 0.15) is 0 Å². The van der Waals surface area contributed by atoms with Gasteiger partial charge >= 0.3 is 0 Å². The monoisotopic (exact) mass is 353 g/mol. The molecule has 0 spiro atoms. The van der Waals surface area contributed by atoms with Gasteiger partial charge in [0.2, 0.25) is 0 Å². The van der Waals surface area contributed by atoms with Crippen LogP contribution in [0.4, 0.5) is 8.78 Å². The van der Waals surface area contributed by atoms with Crippen molar-refractivity contribution in [3.05, 3.63) is 82.0 Å². The van der Waals surface area contributed by atoms with Crippen molar-refractivity contribution in [2.75, 3.05) is 0 Å². The Hall–Kier alpha value is -3.41. The lowest BCUT2D eigenvalue weighted by atomic mass is 10.1. The molecule has 26 heavy (non-hydrogen) atoms. The first kappa shape index (κ1) is 16.1. The highest BCUT2D eigenvalue weighted by atomic mass is 19.1. The van der Waals surface area contributed by atoms with Gasteiger partial charge in [0, 0.05) is 29.4 Å². The minimum atomic E-state index is -0.931. The molecule has 4 aromatic rings. The van der Waals surface area contributed by atoms with Crippen LogP contribution in [0.25, 0.3) is 21.8 Å². The number of aromatic hydroxyl groups is 2. The van der Waals surface area contributed by atoms with Gasteiger partial charge in [0.15, 0.2) is 28.6 Å². The summed E-state index contributed by atoms with van der Waals surface area (Å²) in [5, 5.41) is 19.6. The third-order valence-electron chi connectivity index (χ3n) is 4.38. The van der Waals surface area contributed by atoms with E-state index in [1.807, 2.05) is 30.3 Å². The summed E-state index contributed by atoms with van der Waals surface area (Å²) < 4.78 is 29.3. The normalized spacial score (nSPS) is 11.3. The fraction of sp³-hybridized carbons (Fsp3) is 0.0500. The number of phenolic OH excluding ortho intramolecular Hbond substituents is 2. The Balaban J connectivity index is 2.16. The maximum atomic E-state index is 13.8. The Morgan fingerprint density at radius 3 is 1.81 bits per heavy atom. The number of hydrogen-bond acceptors (Lipinski definition) is 3. The van der Waals surface area contributed by atoms with Gasteiger partial charge < -0.3 is 14.8 Å². The minimum Gasteiger partial charge on any atom is -0.505 e. The number of nitrogens with zero attached hydrogens (tertiary/aromatic N) is 1. The molecule has 6 heteroatoms. The maximum absolute atomic E-state index is 13.8. The molecule has 0 saturated carbocycles. The van der Waals surface area contributed by atoms with Crippen LogP contribution in [0.3, 0.4) is 0 Å². The first-order chi connectivity index (χ1) is 12.5. The van der Waals surface area contributed by atoms with Gasteiger partial charge in [-0.1, -0.05) is 30.3 Å². The van der Waals surface area contributed by atoms with Crippen LogP contribution in [-0.4, -0.2) is 14.8 Å². The lowest BCUT2D eigenvalue weighted by molar-refractivity contribution is 0.433. The molecular weight excluding hydrogens is 340 g/mol. The molecule has 0 radical (unpaired) electrons. The van der Waals surface area contributed by atoms with Gasteiger partial charge in [-0.25, -0.2) is 8.78 Å². The van der Waals surface area contributed by atoms with E-state index in [2.05, 4.69) is 0 Å². The first-order valence-electron chi connectivity index (χ1n) is 7.87. The van der Waals surface area contributed by atoms with Crippen LogP contribution in [0.5, 0.6) is 11.5 Å². The topological polar surface area (TPSA) is 62.5 Å². The Kier molecular flexibility index (Phi) is 3.61. The van der Waals surface area contributed by atoms with E-state index in [1.165, 1.54) is 0 Å². The third kappa shape index (κ3) is 2.47. The van der Waals surface area contributed by atoms with Crippen LogP contribution >= 0.6 is 0 Å². The Morgan fingerprint density at radius 1 is 0.808 bits per heavy atom. The smallest absolute Gasteiger partial charge is 0.197 e. The summed E-state index contributed by atoms with van der Waals surface area (Å²) in [6.07, 6.45) is 0. The number of fused-ring (bicyclic) bond motifs is 2. The average molecular weight is 353 g/mol. The Bertz CT molecular complexity index is 1150. The molecule has 1 aromatic heterocycles. The van der Waals surface area contributed by atoms with Crippen molar-refractivity contribution >= 4 is 21.8 Å². The zero-order valence-electron chi connectivity index (χ0n) is 13.4. The van der Waals surface area contributed by atoms with Gasteiger partial charge in [-0.05, 0) is 17.7 Å². The van der Waals surface area contributed by atoms with Crippen LogP contribution < -0.4 is 5.43 Å². The lowest BCUT2D eigenvalue weighted by Gasteiger charge is -2.16. The van der Waals surface area contributed by atoms with Gasteiger partial charge in [0.25, 0.3) is 0 Å². The van der Waals surface area contributed by atoms with E-state index < -0.39 is 28.6 Å². The molecule has 0 bridgehead atoms. The number of pyridine rings is 1. The van der Waals surface area contributed by atoms with E-state index in [1.54, 1.807) is 4.57 Å². The number of benzene rings is 3. The molecule has 130 valence electrons. The average Bonchev–Trinajstić information content (AvgIpc) is 2.63. The van der Waals surface area contributed by atoms with Crippen molar-refractivity contribution in [2.45, 2.75) is 6.54 Å². The summed E-state index contributed by atoms with van der Waals surface area (Å²) in [7, 11) is 0. The van der Waals surface area contributed by atoms with Gasteiger partial charge in [-0.3, -0.25) is 4.79 Å². The van der Waals surface area contributed by atoms with Crippen molar-refractivity contribution in [3.63, 3.8) is 0 Å². The van der Waals surface area contributed by atoms with Crippen LogP contribution in [0.1, 0.15) is 5.56 Å². The molecule has 3 aromatic carbocycles. The van der Waals surface area contributed by atoms with Crippen molar-refractivity contribution in [3.8, 4) is 11.5 Å². The highest BCUT2D eigenvalue weighted by molar-refractivity contribution is 5.94. The second-order valence-corrected chi connectivity index (χ2v) is 6.04. The van der Waals surface area contributed by atoms with Crippen LogP contribution in [0.2, 0.25) is 0 Å². The molecule has 0 aliphatic heterocycles. The number of halogens is 2. The van der Waals surface area contributed by atoms with Crippen LogP contribution in [-0.2, 0) is 6.54 Å². The maximum Gasteiger partial charge on any atom is 0.197 e.